The molecule has 1 aromatic heterocycles. The lowest BCUT2D eigenvalue weighted by atomic mass is 10.2. The van der Waals surface area contributed by atoms with E-state index < -0.39 is 17.0 Å². The van der Waals surface area contributed by atoms with Crippen LogP contribution in [-0.2, 0) is 11.0 Å². The molecule has 0 radical (unpaired) electrons. The molecule has 0 fully saturated rings. The van der Waals surface area contributed by atoms with Gasteiger partial charge in [-0.05, 0) is 36.4 Å². The van der Waals surface area contributed by atoms with E-state index in [0.717, 1.165) is 10.2 Å². The highest BCUT2D eigenvalue weighted by Gasteiger charge is 2.11. The van der Waals surface area contributed by atoms with Crippen LogP contribution in [0.15, 0.2) is 52.9 Å². The van der Waals surface area contributed by atoms with E-state index in [9.17, 15) is 9.00 Å². The first kappa shape index (κ1) is 13.7. The van der Waals surface area contributed by atoms with E-state index in [1.807, 2.05) is 12.1 Å². The van der Waals surface area contributed by atoms with Crippen molar-refractivity contribution < 1.29 is 14.1 Å². The minimum Gasteiger partial charge on any atom is -0.478 e. The Bertz CT molecular complexity index is 828. The Morgan fingerprint density at radius 1 is 1.19 bits per heavy atom. The number of aromatic nitrogens is 1. The summed E-state index contributed by atoms with van der Waals surface area (Å²) in [5.41, 5.74) is 3.21. The number of aromatic carboxylic acids is 1. The molecule has 0 saturated heterocycles. The second-order valence-electron chi connectivity index (χ2n) is 4.21. The third-order valence-corrected chi connectivity index (χ3v) is 4.81. The predicted molar refractivity (Wildman–Crippen MR) is 83.1 cm³/mol. The van der Waals surface area contributed by atoms with Gasteiger partial charge >= 0.3 is 5.97 Å². The molecule has 21 heavy (non-hydrogen) atoms. The van der Waals surface area contributed by atoms with Crippen LogP contribution in [-0.4, -0.2) is 20.3 Å². The molecule has 0 bridgehead atoms. The first-order chi connectivity index (χ1) is 10.1. The summed E-state index contributed by atoms with van der Waals surface area (Å²) in [6.07, 6.45) is 0. The van der Waals surface area contributed by atoms with Gasteiger partial charge in [-0.25, -0.2) is 14.0 Å². The van der Waals surface area contributed by atoms with E-state index >= 15 is 0 Å². The number of nitrogens with zero attached hydrogens (tertiary/aromatic N) is 1. The number of hydrogen-bond acceptors (Lipinski definition) is 4. The molecule has 7 heteroatoms. The number of anilines is 1. The molecule has 0 aliphatic carbocycles. The van der Waals surface area contributed by atoms with Gasteiger partial charge in [0.25, 0.3) is 0 Å². The summed E-state index contributed by atoms with van der Waals surface area (Å²) in [5.74, 6) is -0.991. The van der Waals surface area contributed by atoms with Crippen LogP contribution in [0.2, 0.25) is 0 Å². The summed E-state index contributed by atoms with van der Waals surface area (Å²) < 4.78 is 16.2. The first-order valence-electron chi connectivity index (χ1n) is 5.99. The Hall–Kier alpha value is -2.25. The normalized spacial score (nSPS) is 12.2. The van der Waals surface area contributed by atoms with Gasteiger partial charge in [0, 0.05) is 5.69 Å². The standard InChI is InChI=1S/C14H10N2O3S2/c17-14(18)9-4-6-10(7-5-9)16-21(19)12-3-1-2-11-13(12)15-8-20-11/h1-8,16H,(H,17,18). The number of nitrogens with one attached hydrogen (secondary N) is 1. The van der Waals surface area contributed by atoms with Gasteiger partial charge in [-0.15, -0.1) is 11.3 Å². The average molecular weight is 318 g/mol. The van der Waals surface area contributed by atoms with Crippen molar-refractivity contribution in [1.29, 1.82) is 0 Å². The molecular formula is C14H10N2O3S2. The maximum atomic E-state index is 12.4. The topological polar surface area (TPSA) is 79.3 Å². The van der Waals surface area contributed by atoms with Crippen LogP contribution in [0.5, 0.6) is 0 Å². The highest BCUT2D eigenvalue weighted by Crippen LogP contribution is 2.24. The lowest BCUT2D eigenvalue weighted by molar-refractivity contribution is 0.0697. The molecule has 3 aromatic rings. The van der Waals surface area contributed by atoms with E-state index in [1.54, 1.807) is 23.7 Å². The van der Waals surface area contributed by atoms with Gasteiger partial charge < -0.3 is 9.83 Å². The molecule has 106 valence electrons. The SMILES string of the molecule is O=C(O)c1ccc(NS(=O)c2cccc3scnc23)cc1. The van der Waals surface area contributed by atoms with E-state index in [2.05, 4.69) is 9.71 Å². The number of para-hydroxylation sites is 1. The van der Waals surface area contributed by atoms with Gasteiger partial charge in [0.2, 0.25) is 0 Å². The maximum Gasteiger partial charge on any atom is 0.335 e. The van der Waals surface area contributed by atoms with Crippen molar-refractivity contribution in [2.24, 2.45) is 0 Å². The molecule has 0 spiro atoms. The van der Waals surface area contributed by atoms with Crippen molar-refractivity contribution in [3.05, 3.63) is 53.5 Å². The molecule has 5 nitrogen and oxygen atoms in total. The zero-order valence-electron chi connectivity index (χ0n) is 10.6. The molecule has 2 aromatic carbocycles. The Morgan fingerprint density at radius 3 is 2.67 bits per heavy atom. The number of thiazole rings is 1. The van der Waals surface area contributed by atoms with Crippen LogP contribution in [0.25, 0.3) is 10.2 Å². The van der Waals surface area contributed by atoms with E-state index in [4.69, 9.17) is 5.11 Å². The fourth-order valence-electron chi connectivity index (χ4n) is 1.85. The van der Waals surface area contributed by atoms with Crippen LogP contribution >= 0.6 is 11.3 Å². The van der Waals surface area contributed by atoms with Crippen molar-refractivity contribution >= 4 is 44.2 Å². The molecule has 0 aliphatic rings. The minimum absolute atomic E-state index is 0.188. The zero-order chi connectivity index (χ0) is 14.8. The van der Waals surface area contributed by atoms with Crippen molar-refractivity contribution in [3.8, 4) is 0 Å². The Labute approximate surface area is 126 Å². The second-order valence-corrected chi connectivity index (χ2v) is 6.28. The van der Waals surface area contributed by atoms with Crippen molar-refractivity contribution in [1.82, 2.24) is 4.98 Å². The Morgan fingerprint density at radius 2 is 1.95 bits per heavy atom. The van der Waals surface area contributed by atoms with Crippen LogP contribution in [0.1, 0.15) is 10.4 Å². The number of hydrogen-bond donors (Lipinski definition) is 2. The number of carbonyl (C=O) groups is 1. The highest BCUT2D eigenvalue weighted by atomic mass is 32.2. The lowest BCUT2D eigenvalue weighted by Crippen LogP contribution is -2.05. The second kappa shape index (κ2) is 5.63. The average Bonchev–Trinajstić information content (AvgIpc) is 2.96. The monoisotopic (exact) mass is 318 g/mol. The third-order valence-electron chi connectivity index (χ3n) is 2.87. The van der Waals surface area contributed by atoms with E-state index in [0.29, 0.717) is 10.6 Å². The van der Waals surface area contributed by atoms with E-state index in [1.165, 1.54) is 23.5 Å². The Balaban J connectivity index is 1.86. The number of carboxylic acid groups (broad SMARTS) is 1. The first-order valence-corrected chi connectivity index (χ1v) is 8.02. The summed E-state index contributed by atoms with van der Waals surface area (Å²) in [7, 11) is -1.46. The van der Waals surface area contributed by atoms with Crippen LogP contribution in [0.4, 0.5) is 5.69 Å². The van der Waals surface area contributed by atoms with Gasteiger partial charge in [0.1, 0.15) is 0 Å². The minimum atomic E-state index is -1.46. The van der Waals surface area contributed by atoms with Gasteiger partial charge in [-0.2, -0.15) is 0 Å². The van der Waals surface area contributed by atoms with E-state index in [-0.39, 0.29) is 5.56 Å². The van der Waals surface area contributed by atoms with Gasteiger partial charge in [-0.3, -0.25) is 0 Å². The summed E-state index contributed by atoms with van der Waals surface area (Å²) >= 11 is 1.49. The zero-order valence-corrected chi connectivity index (χ0v) is 12.3. The number of fused-ring (bicyclic) bond motifs is 1. The van der Waals surface area contributed by atoms with Gasteiger partial charge in [0.05, 0.1) is 26.2 Å². The maximum absolute atomic E-state index is 12.4. The molecule has 1 unspecified atom stereocenters. The molecule has 1 heterocycles. The summed E-state index contributed by atoms with van der Waals surface area (Å²) in [5, 5.41) is 8.84. The fourth-order valence-corrected chi connectivity index (χ4v) is 3.62. The molecule has 1 atom stereocenters. The molecular weight excluding hydrogens is 308 g/mol. The van der Waals surface area contributed by atoms with Gasteiger partial charge in [-0.1, -0.05) is 6.07 Å². The Kier molecular flexibility index (Phi) is 3.68. The quantitative estimate of drug-likeness (QED) is 0.774. The molecule has 0 saturated carbocycles. The number of carboxylic acids is 1. The van der Waals surface area contributed by atoms with Crippen LogP contribution in [0.3, 0.4) is 0 Å². The smallest absolute Gasteiger partial charge is 0.335 e. The summed E-state index contributed by atoms with van der Waals surface area (Å²) in [6, 6.07) is 11.6. The lowest BCUT2D eigenvalue weighted by Gasteiger charge is -2.07. The van der Waals surface area contributed by atoms with Crippen molar-refractivity contribution in [2.45, 2.75) is 4.90 Å². The summed E-state index contributed by atoms with van der Waals surface area (Å²) in [4.78, 5) is 15.6. The third kappa shape index (κ3) is 2.79. The van der Waals surface area contributed by atoms with Crippen molar-refractivity contribution in [3.63, 3.8) is 0 Å². The summed E-state index contributed by atoms with van der Waals surface area (Å²) in [6.45, 7) is 0. The highest BCUT2D eigenvalue weighted by molar-refractivity contribution is 7.86. The molecule has 2 N–H and O–H groups in total. The molecule has 0 aliphatic heterocycles. The predicted octanol–water partition coefficient (Wildman–Crippen LogP) is 3.13. The molecule has 0 amide bonds. The van der Waals surface area contributed by atoms with Crippen LogP contribution in [0, 0.1) is 0 Å². The van der Waals surface area contributed by atoms with Crippen LogP contribution < -0.4 is 4.72 Å². The van der Waals surface area contributed by atoms with Crippen molar-refractivity contribution in [2.75, 3.05) is 4.72 Å². The number of rotatable bonds is 4. The fraction of sp³-hybridized carbons (Fsp3) is 0. The largest absolute Gasteiger partial charge is 0.478 e. The number of benzene rings is 2. The molecule has 3 rings (SSSR count). The van der Waals surface area contributed by atoms with Gasteiger partial charge in [0.15, 0.2) is 11.0 Å².